The fourth-order valence-corrected chi connectivity index (χ4v) is 1.69. The molecule has 0 spiro atoms. The zero-order chi connectivity index (χ0) is 15.2. The van der Waals surface area contributed by atoms with Crippen LogP contribution in [-0.2, 0) is 0 Å². The number of nitrogens with zero attached hydrogens (tertiary/aromatic N) is 2. The molecule has 1 amide bonds. The van der Waals surface area contributed by atoms with E-state index < -0.39 is 5.91 Å². The summed E-state index contributed by atoms with van der Waals surface area (Å²) in [6, 6.07) is 6.92. The van der Waals surface area contributed by atoms with Crippen molar-refractivity contribution in [2.24, 2.45) is 0 Å². The summed E-state index contributed by atoms with van der Waals surface area (Å²) in [6.45, 7) is 0. The lowest BCUT2D eigenvalue weighted by Crippen LogP contribution is -2.44. The van der Waals surface area contributed by atoms with Gasteiger partial charge in [0, 0.05) is 23.1 Å². The first kappa shape index (κ1) is 14.9. The van der Waals surface area contributed by atoms with Gasteiger partial charge in [-0.3, -0.25) is 15.6 Å². The van der Waals surface area contributed by atoms with Crippen molar-refractivity contribution in [3.8, 4) is 0 Å². The lowest BCUT2D eigenvalue weighted by atomic mass is 10.3. The minimum absolute atomic E-state index is 0.0132. The molecule has 0 fully saturated rings. The highest BCUT2D eigenvalue weighted by Gasteiger charge is 2.11. The molecule has 0 aliphatic rings. The minimum Gasteiger partial charge on any atom is -0.382 e. The third-order valence-corrected chi connectivity index (χ3v) is 2.79. The zero-order valence-corrected chi connectivity index (χ0v) is 12.2. The van der Waals surface area contributed by atoms with Crippen LogP contribution in [0, 0.1) is 0 Å². The number of nitrogens with one attached hydrogen (secondary N) is 3. The van der Waals surface area contributed by atoms with E-state index in [9.17, 15) is 4.79 Å². The Morgan fingerprint density at radius 3 is 2.48 bits per heavy atom. The molecule has 1 heterocycles. The van der Waals surface area contributed by atoms with Gasteiger partial charge in [-0.2, -0.15) is 0 Å². The van der Waals surface area contributed by atoms with Crippen LogP contribution in [0.4, 0.5) is 11.5 Å². The molecule has 0 atom stereocenters. The quantitative estimate of drug-likeness (QED) is 0.488. The number of hydrogen-bond donors (Lipinski definition) is 4. The Bertz CT molecular complexity index is 663. The van der Waals surface area contributed by atoms with E-state index in [1.807, 2.05) is 0 Å². The van der Waals surface area contributed by atoms with Crippen molar-refractivity contribution in [1.29, 1.82) is 0 Å². The molecule has 21 heavy (non-hydrogen) atoms. The van der Waals surface area contributed by atoms with Gasteiger partial charge < -0.3 is 11.1 Å². The molecule has 0 bridgehead atoms. The normalized spacial score (nSPS) is 9.76. The summed E-state index contributed by atoms with van der Waals surface area (Å²) in [5.41, 5.74) is 11.2. The molecule has 0 aliphatic carbocycles. The third kappa shape index (κ3) is 4.26. The van der Waals surface area contributed by atoms with Crippen LogP contribution in [-0.4, -0.2) is 21.0 Å². The van der Waals surface area contributed by atoms with Crippen LogP contribution < -0.4 is 21.9 Å². The van der Waals surface area contributed by atoms with Crippen LogP contribution in [0.2, 0.25) is 5.02 Å². The van der Waals surface area contributed by atoms with E-state index >= 15 is 0 Å². The Labute approximate surface area is 130 Å². The maximum atomic E-state index is 11.8. The van der Waals surface area contributed by atoms with Crippen LogP contribution in [0.5, 0.6) is 0 Å². The molecule has 2 rings (SSSR count). The van der Waals surface area contributed by atoms with Gasteiger partial charge in [0.2, 0.25) is 0 Å². The van der Waals surface area contributed by atoms with Crippen molar-refractivity contribution in [2.75, 3.05) is 11.1 Å². The van der Waals surface area contributed by atoms with E-state index in [0.717, 1.165) is 5.69 Å². The number of carbonyl (C=O) groups is 1. The summed E-state index contributed by atoms with van der Waals surface area (Å²) in [5, 5.41) is 3.69. The highest BCUT2D eigenvalue weighted by molar-refractivity contribution is 7.80. The number of halogens is 1. The molecule has 0 radical (unpaired) electrons. The molecule has 2 aromatic rings. The second-order valence-electron chi connectivity index (χ2n) is 3.83. The highest BCUT2D eigenvalue weighted by atomic mass is 35.5. The van der Waals surface area contributed by atoms with Crippen molar-refractivity contribution >= 4 is 46.3 Å². The first-order chi connectivity index (χ1) is 10.1. The lowest BCUT2D eigenvalue weighted by molar-refractivity contribution is 0.0940. The van der Waals surface area contributed by atoms with Crippen LogP contribution in [0.25, 0.3) is 0 Å². The number of carbonyl (C=O) groups excluding carboxylic acids is 1. The van der Waals surface area contributed by atoms with Gasteiger partial charge in [0.25, 0.3) is 5.91 Å². The maximum absolute atomic E-state index is 11.8. The average Bonchev–Trinajstić information content (AvgIpc) is 2.48. The summed E-state index contributed by atoms with van der Waals surface area (Å²) in [4.78, 5) is 19.4. The van der Waals surface area contributed by atoms with Gasteiger partial charge in [-0.25, -0.2) is 9.97 Å². The van der Waals surface area contributed by atoms with Crippen molar-refractivity contribution < 1.29 is 4.79 Å². The molecule has 7 nitrogen and oxygen atoms in total. The monoisotopic (exact) mass is 322 g/mol. The molecule has 1 aromatic heterocycles. The molecule has 5 N–H and O–H groups in total. The second kappa shape index (κ2) is 6.82. The van der Waals surface area contributed by atoms with Gasteiger partial charge in [0.1, 0.15) is 0 Å². The smallest absolute Gasteiger partial charge is 0.292 e. The van der Waals surface area contributed by atoms with Crippen molar-refractivity contribution in [3.05, 3.63) is 47.4 Å². The Morgan fingerprint density at radius 1 is 1.14 bits per heavy atom. The third-order valence-electron chi connectivity index (χ3n) is 2.33. The molecular formula is C12H11ClN6OS. The minimum atomic E-state index is -0.541. The van der Waals surface area contributed by atoms with Crippen LogP contribution in [0.1, 0.15) is 10.5 Å². The Hall–Kier alpha value is -2.45. The van der Waals surface area contributed by atoms with E-state index in [-0.39, 0.29) is 16.6 Å². The molecule has 0 aliphatic heterocycles. The van der Waals surface area contributed by atoms with E-state index in [1.165, 1.54) is 12.4 Å². The number of anilines is 2. The Balaban J connectivity index is 1.88. The summed E-state index contributed by atoms with van der Waals surface area (Å²) in [5.74, 6) is -0.505. The van der Waals surface area contributed by atoms with E-state index in [4.69, 9.17) is 29.6 Å². The number of hydrogen-bond acceptors (Lipinski definition) is 5. The number of nitrogens with two attached hydrogens (primary N) is 1. The summed E-state index contributed by atoms with van der Waals surface area (Å²) in [6.07, 6.45) is 2.77. The maximum Gasteiger partial charge on any atom is 0.292 e. The predicted octanol–water partition coefficient (Wildman–Crippen LogP) is 1.34. The zero-order valence-electron chi connectivity index (χ0n) is 10.6. The fraction of sp³-hybridized carbons (Fsp3) is 0. The number of aromatic nitrogens is 2. The number of thiocarbonyl (C=S) groups is 1. The Morgan fingerprint density at radius 2 is 1.81 bits per heavy atom. The largest absolute Gasteiger partial charge is 0.382 e. The molecule has 0 saturated heterocycles. The lowest BCUT2D eigenvalue weighted by Gasteiger charge is -2.11. The van der Waals surface area contributed by atoms with Crippen LogP contribution in [0.3, 0.4) is 0 Å². The Kier molecular flexibility index (Phi) is 4.85. The highest BCUT2D eigenvalue weighted by Crippen LogP contribution is 2.13. The number of rotatable bonds is 2. The number of nitrogen functional groups attached to an aromatic ring is 1. The van der Waals surface area contributed by atoms with Crippen molar-refractivity contribution in [1.82, 2.24) is 20.8 Å². The molecule has 108 valence electrons. The standard InChI is InChI=1S/C12H11ClN6OS/c13-7-1-3-8(4-2-7)17-12(21)19-18-11(20)9-10(14)16-6-5-15-9/h1-6H,(H2,14,16)(H,18,20)(H2,17,19,21). The summed E-state index contributed by atoms with van der Waals surface area (Å²) < 4.78 is 0. The number of amides is 1. The number of benzene rings is 1. The predicted molar refractivity (Wildman–Crippen MR) is 84.7 cm³/mol. The van der Waals surface area contributed by atoms with Gasteiger partial charge in [-0.1, -0.05) is 11.6 Å². The molecular weight excluding hydrogens is 312 g/mol. The van der Waals surface area contributed by atoms with Crippen LogP contribution in [0.15, 0.2) is 36.7 Å². The second-order valence-corrected chi connectivity index (χ2v) is 4.68. The summed E-state index contributed by atoms with van der Waals surface area (Å²) in [7, 11) is 0. The van der Waals surface area contributed by atoms with Crippen LogP contribution >= 0.6 is 23.8 Å². The number of hydrazine groups is 1. The first-order valence-electron chi connectivity index (χ1n) is 5.75. The van der Waals surface area contributed by atoms with E-state index in [2.05, 4.69) is 26.1 Å². The van der Waals surface area contributed by atoms with Gasteiger partial charge >= 0.3 is 0 Å². The van der Waals surface area contributed by atoms with Gasteiger partial charge in [-0.15, -0.1) is 0 Å². The molecule has 1 aromatic carbocycles. The van der Waals surface area contributed by atoms with Gasteiger partial charge in [-0.05, 0) is 36.5 Å². The SMILES string of the molecule is Nc1nccnc1C(=O)NNC(=S)Nc1ccc(Cl)cc1. The topological polar surface area (TPSA) is 105 Å². The van der Waals surface area contributed by atoms with E-state index in [1.54, 1.807) is 24.3 Å². The van der Waals surface area contributed by atoms with Crippen molar-refractivity contribution in [3.63, 3.8) is 0 Å². The molecule has 0 saturated carbocycles. The average molecular weight is 323 g/mol. The van der Waals surface area contributed by atoms with Gasteiger partial charge in [0.15, 0.2) is 16.6 Å². The fourth-order valence-electron chi connectivity index (χ4n) is 1.39. The van der Waals surface area contributed by atoms with Crippen molar-refractivity contribution in [2.45, 2.75) is 0 Å². The molecule has 9 heteroatoms. The van der Waals surface area contributed by atoms with E-state index in [0.29, 0.717) is 5.02 Å². The van der Waals surface area contributed by atoms with Gasteiger partial charge in [0.05, 0.1) is 0 Å². The summed E-state index contributed by atoms with van der Waals surface area (Å²) >= 11 is 10.8. The first-order valence-corrected chi connectivity index (χ1v) is 6.54. The molecule has 0 unspecified atom stereocenters.